The summed E-state index contributed by atoms with van der Waals surface area (Å²) in [5.41, 5.74) is 0.0602. The van der Waals surface area contributed by atoms with Crippen LogP contribution < -0.4 is 10.6 Å². The summed E-state index contributed by atoms with van der Waals surface area (Å²) in [5, 5.41) is 7.40. The number of nitrogens with one attached hydrogen (secondary N) is 2. The van der Waals surface area contributed by atoms with Crippen molar-refractivity contribution in [1.29, 1.82) is 0 Å². The Kier molecular flexibility index (Phi) is 7.58. The van der Waals surface area contributed by atoms with Crippen LogP contribution in [-0.2, 0) is 4.79 Å². The molecule has 0 saturated carbocycles. The van der Waals surface area contributed by atoms with E-state index < -0.39 is 0 Å². The standard InChI is InChI=1S/C18H38N2O/c1-14(2)11-19-17(6,7)13-18(8,9)20-16(4,5)10-15(3)12-21/h12,14-15,19-20H,10-11,13H2,1-9H3. The van der Waals surface area contributed by atoms with Gasteiger partial charge in [0.05, 0.1) is 0 Å². The summed E-state index contributed by atoms with van der Waals surface area (Å²) < 4.78 is 0. The van der Waals surface area contributed by atoms with Gasteiger partial charge in [-0.25, -0.2) is 0 Å². The second kappa shape index (κ2) is 7.73. The Balaban J connectivity index is 4.63. The molecule has 0 spiro atoms. The molecule has 126 valence electrons. The number of carbonyl (C=O) groups excluding carboxylic acids is 1. The number of hydrogen-bond donors (Lipinski definition) is 2. The molecule has 0 aliphatic carbocycles. The quantitative estimate of drug-likeness (QED) is 0.603. The second-order valence-electron chi connectivity index (χ2n) is 9.05. The zero-order valence-corrected chi connectivity index (χ0v) is 15.8. The van der Waals surface area contributed by atoms with Crippen LogP contribution in [0.4, 0.5) is 0 Å². The largest absolute Gasteiger partial charge is 0.311 e. The Labute approximate surface area is 132 Å². The SMILES string of the molecule is CC(C)CNC(C)(C)CC(C)(C)NC(C)(C)CC(C)C=O. The first-order valence-electron chi connectivity index (χ1n) is 8.28. The molecule has 0 radical (unpaired) electrons. The Morgan fingerprint density at radius 2 is 1.43 bits per heavy atom. The van der Waals surface area contributed by atoms with Crippen LogP contribution in [0.2, 0.25) is 0 Å². The molecule has 3 nitrogen and oxygen atoms in total. The average Bonchev–Trinajstić information content (AvgIpc) is 2.22. The highest BCUT2D eigenvalue weighted by molar-refractivity contribution is 5.52. The van der Waals surface area contributed by atoms with Crippen molar-refractivity contribution in [2.24, 2.45) is 11.8 Å². The van der Waals surface area contributed by atoms with Crippen LogP contribution in [0.5, 0.6) is 0 Å². The third kappa shape index (κ3) is 10.0. The first kappa shape index (κ1) is 20.6. The highest BCUT2D eigenvalue weighted by Crippen LogP contribution is 2.25. The summed E-state index contributed by atoms with van der Waals surface area (Å²) >= 11 is 0. The Morgan fingerprint density at radius 3 is 1.86 bits per heavy atom. The van der Waals surface area contributed by atoms with E-state index in [0.717, 1.165) is 25.7 Å². The fourth-order valence-electron chi connectivity index (χ4n) is 3.51. The van der Waals surface area contributed by atoms with Gasteiger partial charge in [0.1, 0.15) is 6.29 Å². The molecule has 1 atom stereocenters. The number of rotatable bonds is 10. The lowest BCUT2D eigenvalue weighted by Crippen LogP contribution is -2.57. The van der Waals surface area contributed by atoms with Gasteiger partial charge in [0.25, 0.3) is 0 Å². The first-order valence-corrected chi connectivity index (χ1v) is 8.28. The maximum Gasteiger partial charge on any atom is 0.122 e. The first-order chi connectivity index (χ1) is 9.29. The van der Waals surface area contributed by atoms with E-state index in [-0.39, 0.29) is 22.5 Å². The van der Waals surface area contributed by atoms with Crippen molar-refractivity contribution in [2.75, 3.05) is 6.54 Å². The van der Waals surface area contributed by atoms with Crippen molar-refractivity contribution in [3.63, 3.8) is 0 Å². The van der Waals surface area contributed by atoms with E-state index in [1.165, 1.54) is 0 Å². The van der Waals surface area contributed by atoms with E-state index in [9.17, 15) is 4.79 Å². The van der Waals surface area contributed by atoms with Crippen LogP contribution >= 0.6 is 0 Å². The van der Waals surface area contributed by atoms with Gasteiger partial charge in [-0.2, -0.15) is 0 Å². The van der Waals surface area contributed by atoms with Crippen LogP contribution in [0, 0.1) is 11.8 Å². The number of hydrogen-bond acceptors (Lipinski definition) is 3. The predicted octanol–water partition coefficient (Wildman–Crippen LogP) is 3.77. The van der Waals surface area contributed by atoms with Crippen molar-refractivity contribution in [3.05, 3.63) is 0 Å². The molecule has 0 aliphatic heterocycles. The molecule has 0 heterocycles. The van der Waals surface area contributed by atoms with Gasteiger partial charge in [0.2, 0.25) is 0 Å². The summed E-state index contributed by atoms with van der Waals surface area (Å²) in [6.07, 6.45) is 2.94. The number of carbonyl (C=O) groups is 1. The molecule has 0 saturated heterocycles. The topological polar surface area (TPSA) is 41.1 Å². The fourth-order valence-corrected chi connectivity index (χ4v) is 3.51. The molecule has 0 aliphatic rings. The summed E-state index contributed by atoms with van der Waals surface area (Å²) in [7, 11) is 0. The van der Waals surface area contributed by atoms with Crippen molar-refractivity contribution in [1.82, 2.24) is 10.6 Å². The minimum atomic E-state index is -0.0437. The number of aldehydes is 1. The van der Waals surface area contributed by atoms with E-state index in [1.807, 2.05) is 6.92 Å². The van der Waals surface area contributed by atoms with E-state index in [0.29, 0.717) is 5.92 Å². The van der Waals surface area contributed by atoms with Crippen molar-refractivity contribution in [2.45, 2.75) is 91.8 Å². The minimum Gasteiger partial charge on any atom is -0.311 e. The monoisotopic (exact) mass is 298 g/mol. The molecule has 0 rings (SSSR count). The fraction of sp³-hybridized carbons (Fsp3) is 0.944. The van der Waals surface area contributed by atoms with Gasteiger partial charge in [0.15, 0.2) is 0 Å². The summed E-state index contributed by atoms with van der Waals surface area (Å²) in [6, 6.07) is 0. The van der Waals surface area contributed by atoms with E-state index >= 15 is 0 Å². The molecular weight excluding hydrogens is 260 g/mol. The highest BCUT2D eigenvalue weighted by atomic mass is 16.1. The van der Waals surface area contributed by atoms with Gasteiger partial charge in [-0.05, 0) is 66.8 Å². The second-order valence-corrected chi connectivity index (χ2v) is 9.05. The average molecular weight is 299 g/mol. The summed E-state index contributed by atoms with van der Waals surface area (Å²) in [4.78, 5) is 10.9. The molecule has 3 heteroatoms. The van der Waals surface area contributed by atoms with Crippen molar-refractivity contribution < 1.29 is 4.79 Å². The Morgan fingerprint density at radius 1 is 0.905 bits per heavy atom. The lowest BCUT2D eigenvalue weighted by molar-refractivity contribution is -0.111. The van der Waals surface area contributed by atoms with E-state index in [2.05, 4.69) is 66.0 Å². The molecule has 21 heavy (non-hydrogen) atoms. The predicted molar refractivity (Wildman–Crippen MR) is 92.7 cm³/mol. The Bertz CT molecular complexity index is 319. The van der Waals surface area contributed by atoms with Gasteiger partial charge in [-0.3, -0.25) is 0 Å². The Hall–Kier alpha value is -0.410. The molecule has 1 unspecified atom stereocenters. The van der Waals surface area contributed by atoms with Gasteiger partial charge in [0, 0.05) is 22.5 Å². The minimum absolute atomic E-state index is 0.0135. The molecule has 0 aromatic rings. The zero-order chi connectivity index (χ0) is 16.9. The van der Waals surface area contributed by atoms with Gasteiger partial charge in [-0.15, -0.1) is 0 Å². The van der Waals surface area contributed by atoms with Crippen LogP contribution in [-0.4, -0.2) is 29.4 Å². The van der Waals surface area contributed by atoms with E-state index in [4.69, 9.17) is 0 Å². The summed E-state index contributed by atoms with van der Waals surface area (Å²) in [5.74, 6) is 0.751. The third-order valence-electron chi connectivity index (χ3n) is 3.61. The normalized spacial score (nSPS) is 15.3. The molecule has 2 N–H and O–H groups in total. The van der Waals surface area contributed by atoms with Gasteiger partial charge in [-0.1, -0.05) is 20.8 Å². The molecule has 0 aromatic carbocycles. The molecule has 0 fully saturated rings. The van der Waals surface area contributed by atoms with Crippen LogP contribution in [0.1, 0.15) is 75.2 Å². The van der Waals surface area contributed by atoms with Crippen molar-refractivity contribution >= 4 is 6.29 Å². The van der Waals surface area contributed by atoms with E-state index in [1.54, 1.807) is 0 Å². The lowest BCUT2D eigenvalue weighted by atomic mass is 9.83. The van der Waals surface area contributed by atoms with Crippen molar-refractivity contribution in [3.8, 4) is 0 Å². The van der Waals surface area contributed by atoms with Crippen LogP contribution in [0.3, 0.4) is 0 Å². The van der Waals surface area contributed by atoms with Crippen LogP contribution in [0.25, 0.3) is 0 Å². The molecule has 0 aromatic heterocycles. The molecular formula is C18H38N2O. The lowest BCUT2D eigenvalue weighted by Gasteiger charge is -2.42. The molecule has 0 bridgehead atoms. The maximum absolute atomic E-state index is 10.9. The zero-order valence-electron chi connectivity index (χ0n) is 15.8. The molecule has 0 amide bonds. The highest BCUT2D eigenvalue weighted by Gasteiger charge is 2.33. The maximum atomic E-state index is 10.9. The third-order valence-corrected chi connectivity index (χ3v) is 3.61. The smallest absolute Gasteiger partial charge is 0.122 e. The van der Waals surface area contributed by atoms with Gasteiger partial charge < -0.3 is 15.4 Å². The summed E-state index contributed by atoms with van der Waals surface area (Å²) in [6.45, 7) is 20.9. The van der Waals surface area contributed by atoms with Crippen LogP contribution in [0.15, 0.2) is 0 Å². The van der Waals surface area contributed by atoms with Gasteiger partial charge >= 0.3 is 0 Å².